The molecule has 0 aliphatic rings. The Bertz CT molecular complexity index is 1070. The number of carbonyl (C=O) groups excluding carboxylic acids is 2. The minimum Gasteiger partial charge on any atom is -0.461 e. The van der Waals surface area contributed by atoms with Crippen molar-refractivity contribution in [1.82, 2.24) is 20.1 Å². The molecule has 0 radical (unpaired) electrons. The number of carbonyl (C=O) groups is 2. The number of hydrogen-bond acceptors (Lipinski definition) is 6. The van der Waals surface area contributed by atoms with Crippen molar-refractivity contribution in [2.24, 2.45) is 5.92 Å². The standard InChI is InChI=1S/C23H29N5O3S/c1-14(2)12-28-22(18-7-6-8-31-18)26-27-23(28)32-13-20(30)24-11-19(29)25-21-16(4)9-15(3)10-17(21)5/h6-10,14H,11-13H2,1-5H3,(H,24,30)(H,25,29). The summed E-state index contributed by atoms with van der Waals surface area (Å²) in [5.74, 6) is 1.25. The first-order valence-electron chi connectivity index (χ1n) is 10.5. The van der Waals surface area contributed by atoms with Crippen LogP contribution < -0.4 is 10.6 Å². The van der Waals surface area contributed by atoms with Gasteiger partial charge in [-0.05, 0) is 49.9 Å². The number of amides is 2. The Morgan fingerprint density at radius 1 is 1.12 bits per heavy atom. The van der Waals surface area contributed by atoms with Crippen molar-refractivity contribution in [2.75, 3.05) is 17.6 Å². The van der Waals surface area contributed by atoms with E-state index in [1.807, 2.05) is 43.5 Å². The fraction of sp³-hybridized carbons (Fsp3) is 0.391. The quantitative estimate of drug-likeness (QED) is 0.474. The van der Waals surface area contributed by atoms with E-state index in [0.29, 0.717) is 29.2 Å². The number of anilines is 1. The molecule has 0 unspecified atom stereocenters. The van der Waals surface area contributed by atoms with Crippen LogP contribution in [0.3, 0.4) is 0 Å². The van der Waals surface area contributed by atoms with Crippen molar-refractivity contribution < 1.29 is 14.0 Å². The highest BCUT2D eigenvalue weighted by Crippen LogP contribution is 2.25. The van der Waals surface area contributed by atoms with Crippen molar-refractivity contribution in [1.29, 1.82) is 0 Å². The van der Waals surface area contributed by atoms with Gasteiger partial charge in [-0.1, -0.05) is 43.3 Å². The van der Waals surface area contributed by atoms with E-state index >= 15 is 0 Å². The van der Waals surface area contributed by atoms with E-state index in [4.69, 9.17) is 4.42 Å². The Labute approximate surface area is 192 Å². The minimum atomic E-state index is -0.263. The number of benzene rings is 1. The van der Waals surface area contributed by atoms with Crippen LogP contribution >= 0.6 is 11.8 Å². The third-order valence-electron chi connectivity index (χ3n) is 4.73. The molecule has 2 N–H and O–H groups in total. The number of furan rings is 1. The van der Waals surface area contributed by atoms with E-state index < -0.39 is 0 Å². The van der Waals surface area contributed by atoms with Crippen molar-refractivity contribution in [2.45, 2.75) is 46.3 Å². The fourth-order valence-corrected chi connectivity index (χ4v) is 4.21. The van der Waals surface area contributed by atoms with Crippen molar-refractivity contribution in [3.8, 4) is 11.6 Å². The summed E-state index contributed by atoms with van der Waals surface area (Å²) in [5.41, 5.74) is 3.92. The highest BCUT2D eigenvalue weighted by atomic mass is 32.2. The minimum absolute atomic E-state index is 0.0948. The molecule has 3 rings (SSSR count). The van der Waals surface area contributed by atoms with Crippen LogP contribution in [0.15, 0.2) is 40.1 Å². The van der Waals surface area contributed by atoms with Crippen molar-refractivity contribution in [3.63, 3.8) is 0 Å². The van der Waals surface area contributed by atoms with Gasteiger partial charge in [0.25, 0.3) is 0 Å². The molecule has 170 valence electrons. The normalized spacial score (nSPS) is 11.1. The van der Waals surface area contributed by atoms with Crippen molar-refractivity contribution in [3.05, 3.63) is 47.2 Å². The number of nitrogens with one attached hydrogen (secondary N) is 2. The second-order valence-corrected chi connectivity index (χ2v) is 9.12. The summed E-state index contributed by atoms with van der Waals surface area (Å²) in [6.07, 6.45) is 1.59. The molecule has 0 aliphatic carbocycles. The lowest BCUT2D eigenvalue weighted by atomic mass is 10.1. The van der Waals surface area contributed by atoms with Gasteiger partial charge in [0, 0.05) is 12.2 Å². The molecule has 2 aromatic heterocycles. The lowest BCUT2D eigenvalue weighted by Gasteiger charge is -2.13. The zero-order chi connectivity index (χ0) is 23.3. The van der Waals surface area contributed by atoms with E-state index in [-0.39, 0.29) is 24.1 Å². The molecule has 2 amide bonds. The molecule has 0 fully saturated rings. The van der Waals surface area contributed by atoms with Gasteiger partial charge in [0.05, 0.1) is 18.6 Å². The molecule has 0 bridgehead atoms. The summed E-state index contributed by atoms with van der Waals surface area (Å²) in [6.45, 7) is 10.7. The van der Waals surface area contributed by atoms with Crippen LogP contribution in [0, 0.1) is 26.7 Å². The Hall–Kier alpha value is -3.07. The third-order valence-corrected chi connectivity index (χ3v) is 5.69. The first-order valence-corrected chi connectivity index (χ1v) is 11.5. The highest BCUT2D eigenvalue weighted by molar-refractivity contribution is 7.99. The summed E-state index contributed by atoms with van der Waals surface area (Å²) in [6, 6.07) is 7.66. The van der Waals surface area contributed by atoms with E-state index in [1.165, 1.54) is 11.8 Å². The van der Waals surface area contributed by atoms with Gasteiger partial charge in [0.15, 0.2) is 16.7 Å². The topological polar surface area (TPSA) is 102 Å². The Kier molecular flexibility index (Phi) is 7.74. The largest absolute Gasteiger partial charge is 0.461 e. The number of rotatable bonds is 9. The van der Waals surface area contributed by atoms with E-state index in [9.17, 15) is 9.59 Å². The van der Waals surface area contributed by atoms with Crippen LogP contribution in [0.4, 0.5) is 5.69 Å². The predicted molar refractivity (Wildman–Crippen MR) is 126 cm³/mol. The smallest absolute Gasteiger partial charge is 0.243 e. The third kappa shape index (κ3) is 6.00. The van der Waals surface area contributed by atoms with E-state index in [2.05, 4.69) is 34.7 Å². The van der Waals surface area contributed by atoms with Gasteiger partial charge in [-0.2, -0.15) is 0 Å². The van der Waals surface area contributed by atoms with Gasteiger partial charge in [0.2, 0.25) is 11.8 Å². The molecule has 32 heavy (non-hydrogen) atoms. The molecule has 8 nitrogen and oxygen atoms in total. The molecule has 0 spiro atoms. The summed E-state index contributed by atoms with van der Waals surface area (Å²) >= 11 is 1.28. The summed E-state index contributed by atoms with van der Waals surface area (Å²) in [4.78, 5) is 24.7. The second kappa shape index (κ2) is 10.5. The molecule has 0 saturated carbocycles. The lowest BCUT2D eigenvalue weighted by molar-refractivity contribution is -0.122. The Morgan fingerprint density at radius 2 is 1.84 bits per heavy atom. The molecule has 3 aromatic rings. The summed E-state index contributed by atoms with van der Waals surface area (Å²) in [7, 11) is 0. The molecule has 9 heteroatoms. The molecule has 0 atom stereocenters. The van der Waals surface area contributed by atoms with Crippen LogP contribution in [0.5, 0.6) is 0 Å². The van der Waals surface area contributed by atoms with E-state index in [0.717, 1.165) is 22.4 Å². The molecular weight excluding hydrogens is 426 g/mol. The lowest BCUT2D eigenvalue weighted by Crippen LogP contribution is -2.34. The average Bonchev–Trinajstić information content (AvgIpc) is 3.37. The molecule has 1 aromatic carbocycles. The number of aromatic nitrogens is 3. The van der Waals surface area contributed by atoms with Gasteiger partial charge in [-0.15, -0.1) is 10.2 Å². The zero-order valence-corrected chi connectivity index (χ0v) is 19.9. The van der Waals surface area contributed by atoms with Gasteiger partial charge < -0.3 is 15.1 Å². The monoisotopic (exact) mass is 455 g/mol. The van der Waals surface area contributed by atoms with Gasteiger partial charge >= 0.3 is 0 Å². The van der Waals surface area contributed by atoms with Crippen LogP contribution in [0.25, 0.3) is 11.6 Å². The van der Waals surface area contributed by atoms with Crippen LogP contribution in [0.1, 0.15) is 30.5 Å². The number of nitrogens with zero attached hydrogens (tertiary/aromatic N) is 3. The van der Waals surface area contributed by atoms with E-state index in [1.54, 1.807) is 12.3 Å². The van der Waals surface area contributed by atoms with Crippen molar-refractivity contribution >= 4 is 29.3 Å². The molecule has 0 aliphatic heterocycles. The fourth-order valence-electron chi connectivity index (χ4n) is 3.43. The molecule has 0 saturated heterocycles. The van der Waals surface area contributed by atoms with Crippen LogP contribution in [-0.2, 0) is 16.1 Å². The summed E-state index contributed by atoms with van der Waals surface area (Å²) < 4.78 is 7.42. The molecule has 2 heterocycles. The first kappa shape index (κ1) is 23.6. The Morgan fingerprint density at radius 3 is 2.47 bits per heavy atom. The number of thioether (sulfide) groups is 1. The second-order valence-electron chi connectivity index (χ2n) is 8.18. The van der Waals surface area contributed by atoms with Crippen LogP contribution in [0.2, 0.25) is 0 Å². The maximum absolute atomic E-state index is 12.3. The van der Waals surface area contributed by atoms with Gasteiger partial charge in [0.1, 0.15) is 0 Å². The zero-order valence-electron chi connectivity index (χ0n) is 19.1. The van der Waals surface area contributed by atoms with Gasteiger partial charge in [-0.25, -0.2) is 0 Å². The number of hydrogen-bond donors (Lipinski definition) is 2. The first-order chi connectivity index (χ1) is 15.2. The average molecular weight is 456 g/mol. The SMILES string of the molecule is Cc1cc(C)c(NC(=O)CNC(=O)CSc2nnc(-c3ccco3)n2CC(C)C)c(C)c1. The number of aryl methyl sites for hydroxylation is 3. The van der Waals surface area contributed by atoms with Crippen LogP contribution in [-0.4, -0.2) is 38.9 Å². The highest BCUT2D eigenvalue weighted by Gasteiger charge is 2.18. The maximum Gasteiger partial charge on any atom is 0.243 e. The Balaban J connectivity index is 1.56. The summed E-state index contributed by atoms with van der Waals surface area (Å²) in [5, 5.41) is 14.7. The molecular formula is C23H29N5O3S. The predicted octanol–water partition coefficient (Wildman–Crippen LogP) is 3.97. The van der Waals surface area contributed by atoms with Gasteiger partial charge in [-0.3, -0.25) is 14.2 Å². The maximum atomic E-state index is 12.3.